The van der Waals surface area contributed by atoms with E-state index in [-0.39, 0.29) is 0 Å². The van der Waals surface area contributed by atoms with Crippen LogP contribution in [0.4, 0.5) is 11.5 Å². The third-order valence-corrected chi connectivity index (χ3v) is 3.10. The first-order valence-corrected chi connectivity index (χ1v) is 6.90. The van der Waals surface area contributed by atoms with Gasteiger partial charge in [-0.3, -0.25) is 0 Å². The standard InChI is InChI=1S/C14H16BrN3/c1-2-3-9-18(12-7-5-4-6-8-12)14-11-16-13(15)10-17-14/h4-8,10-11H,2-3,9H2,1H3. The quantitative estimate of drug-likeness (QED) is 0.830. The molecule has 0 fully saturated rings. The van der Waals surface area contributed by atoms with Crippen molar-refractivity contribution in [2.45, 2.75) is 19.8 Å². The van der Waals surface area contributed by atoms with Crippen LogP contribution in [0.2, 0.25) is 0 Å². The van der Waals surface area contributed by atoms with Crippen LogP contribution >= 0.6 is 15.9 Å². The van der Waals surface area contributed by atoms with E-state index in [4.69, 9.17) is 0 Å². The molecule has 0 aliphatic carbocycles. The molecule has 1 aromatic heterocycles. The molecule has 2 aromatic rings. The van der Waals surface area contributed by atoms with Gasteiger partial charge in [-0.1, -0.05) is 31.5 Å². The maximum atomic E-state index is 4.42. The summed E-state index contributed by atoms with van der Waals surface area (Å²) in [5, 5.41) is 0. The minimum atomic E-state index is 0.759. The van der Waals surface area contributed by atoms with Gasteiger partial charge < -0.3 is 4.90 Å². The Morgan fingerprint density at radius 1 is 1.11 bits per heavy atom. The molecule has 0 aliphatic heterocycles. The van der Waals surface area contributed by atoms with Crippen LogP contribution in [0.25, 0.3) is 0 Å². The number of hydrogen-bond acceptors (Lipinski definition) is 3. The highest BCUT2D eigenvalue weighted by Crippen LogP contribution is 2.23. The number of benzene rings is 1. The lowest BCUT2D eigenvalue weighted by atomic mass is 10.2. The fraction of sp³-hybridized carbons (Fsp3) is 0.286. The Balaban J connectivity index is 2.27. The molecule has 3 nitrogen and oxygen atoms in total. The van der Waals surface area contributed by atoms with Gasteiger partial charge in [-0.25, -0.2) is 9.97 Å². The van der Waals surface area contributed by atoms with Crippen molar-refractivity contribution in [3.8, 4) is 0 Å². The summed E-state index contributed by atoms with van der Waals surface area (Å²) in [6.07, 6.45) is 5.82. The van der Waals surface area contributed by atoms with E-state index >= 15 is 0 Å². The lowest BCUT2D eigenvalue weighted by Gasteiger charge is -2.23. The van der Waals surface area contributed by atoms with Crippen molar-refractivity contribution in [1.82, 2.24) is 9.97 Å². The molecule has 4 heteroatoms. The molecular weight excluding hydrogens is 290 g/mol. The van der Waals surface area contributed by atoms with Crippen molar-refractivity contribution < 1.29 is 0 Å². The molecule has 0 saturated heterocycles. The van der Waals surface area contributed by atoms with Crippen molar-refractivity contribution in [2.24, 2.45) is 0 Å². The average molecular weight is 306 g/mol. The Kier molecular flexibility index (Phi) is 4.70. The van der Waals surface area contributed by atoms with Crippen molar-refractivity contribution >= 4 is 27.4 Å². The van der Waals surface area contributed by atoms with E-state index in [1.165, 1.54) is 0 Å². The summed E-state index contributed by atoms with van der Waals surface area (Å²) >= 11 is 3.31. The molecule has 0 amide bonds. The van der Waals surface area contributed by atoms with Crippen LogP contribution in [0.1, 0.15) is 19.8 Å². The van der Waals surface area contributed by atoms with Gasteiger partial charge in [0.15, 0.2) is 5.82 Å². The summed E-state index contributed by atoms with van der Waals surface area (Å²) < 4.78 is 0.759. The van der Waals surface area contributed by atoms with Crippen molar-refractivity contribution in [2.75, 3.05) is 11.4 Å². The molecule has 18 heavy (non-hydrogen) atoms. The van der Waals surface area contributed by atoms with Gasteiger partial charge in [-0.2, -0.15) is 0 Å². The largest absolute Gasteiger partial charge is 0.325 e. The minimum absolute atomic E-state index is 0.759. The molecule has 0 spiro atoms. The molecule has 2 rings (SSSR count). The van der Waals surface area contributed by atoms with Crippen LogP contribution in [-0.2, 0) is 0 Å². The summed E-state index contributed by atoms with van der Waals surface area (Å²) in [5.41, 5.74) is 1.16. The highest BCUT2D eigenvalue weighted by molar-refractivity contribution is 9.10. The maximum absolute atomic E-state index is 4.42. The lowest BCUT2D eigenvalue weighted by molar-refractivity contribution is 0.777. The second-order valence-electron chi connectivity index (χ2n) is 4.04. The number of hydrogen-bond donors (Lipinski definition) is 0. The second kappa shape index (κ2) is 6.50. The fourth-order valence-corrected chi connectivity index (χ4v) is 1.95. The summed E-state index contributed by atoms with van der Waals surface area (Å²) in [6, 6.07) is 10.3. The number of halogens is 1. The van der Waals surface area contributed by atoms with Crippen LogP contribution in [-0.4, -0.2) is 16.5 Å². The predicted octanol–water partition coefficient (Wildman–Crippen LogP) is 4.18. The van der Waals surface area contributed by atoms with Gasteiger partial charge in [0.2, 0.25) is 0 Å². The van der Waals surface area contributed by atoms with E-state index in [9.17, 15) is 0 Å². The minimum Gasteiger partial charge on any atom is -0.325 e. The van der Waals surface area contributed by atoms with E-state index in [1.54, 1.807) is 12.4 Å². The van der Waals surface area contributed by atoms with Gasteiger partial charge in [0, 0.05) is 12.2 Å². The number of anilines is 2. The number of aromatic nitrogens is 2. The fourth-order valence-electron chi connectivity index (χ4n) is 1.74. The molecule has 0 N–H and O–H groups in total. The van der Waals surface area contributed by atoms with Crippen molar-refractivity contribution in [3.05, 3.63) is 47.3 Å². The van der Waals surface area contributed by atoms with Crippen molar-refractivity contribution in [1.29, 1.82) is 0 Å². The first-order chi connectivity index (χ1) is 8.81. The summed E-state index contributed by atoms with van der Waals surface area (Å²) in [6.45, 7) is 3.15. The van der Waals surface area contributed by atoms with E-state index in [1.807, 2.05) is 18.2 Å². The summed E-state index contributed by atoms with van der Waals surface area (Å²) in [5.74, 6) is 0.887. The number of rotatable bonds is 5. The Hall–Kier alpha value is -1.42. The van der Waals surface area contributed by atoms with E-state index in [0.717, 1.165) is 35.5 Å². The molecule has 94 valence electrons. The highest BCUT2D eigenvalue weighted by atomic mass is 79.9. The average Bonchev–Trinajstić information content (AvgIpc) is 2.42. The molecule has 0 radical (unpaired) electrons. The van der Waals surface area contributed by atoms with Crippen LogP contribution in [0, 0.1) is 0 Å². The summed E-state index contributed by atoms with van der Waals surface area (Å²) in [7, 11) is 0. The van der Waals surface area contributed by atoms with Gasteiger partial charge in [0.25, 0.3) is 0 Å². The number of unbranched alkanes of at least 4 members (excludes halogenated alkanes) is 1. The molecule has 0 atom stereocenters. The molecule has 0 unspecified atom stereocenters. The monoisotopic (exact) mass is 305 g/mol. The maximum Gasteiger partial charge on any atom is 0.151 e. The summed E-state index contributed by atoms with van der Waals surface area (Å²) in [4.78, 5) is 10.9. The number of para-hydroxylation sites is 1. The Labute approximate surface area is 116 Å². The zero-order valence-electron chi connectivity index (χ0n) is 10.4. The zero-order valence-corrected chi connectivity index (χ0v) is 12.0. The van der Waals surface area contributed by atoms with Gasteiger partial charge in [0.05, 0.1) is 12.4 Å². The van der Waals surface area contributed by atoms with E-state index in [2.05, 4.69) is 49.9 Å². The second-order valence-corrected chi connectivity index (χ2v) is 4.85. The van der Waals surface area contributed by atoms with Crippen LogP contribution < -0.4 is 4.90 Å². The van der Waals surface area contributed by atoms with Gasteiger partial charge >= 0.3 is 0 Å². The third kappa shape index (κ3) is 3.29. The predicted molar refractivity (Wildman–Crippen MR) is 78.1 cm³/mol. The van der Waals surface area contributed by atoms with Crippen LogP contribution in [0.15, 0.2) is 47.3 Å². The topological polar surface area (TPSA) is 29.0 Å². The Bertz CT molecular complexity index is 470. The smallest absolute Gasteiger partial charge is 0.151 e. The van der Waals surface area contributed by atoms with Gasteiger partial charge in [-0.15, -0.1) is 0 Å². The molecule has 0 saturated carbocycles. The van der Waals surface area contributed by atoms with E-state index in [0.29, 0.717) is 0 Å². The molecule has 0 aliphatic rings. The normalized spacial score (nSPS) is 10.3. The Morgan fingerprint density at radius 2 is 1.89 bits per heavy atom. The number of nitrogens with zero attached hydrogens (tertiary/aromatic N) is 3. The van der Waals surface area contributed by atoms with E-state index < -0.39 is 0 Å². The van der Waals surface area contributed by atoms with Crippen molar-refractivity contribution in [3.63, 3.8) is 0 Å². The Morgan fingerprint density at radius 3 is 2.50 bits per heavy atom. The first-order valence-electron chi connectivity index (χ1n) is 6.11. The molecule has 0 bridgehead atoms. The third-order valence-electron chi connectivity index (χ3n) is 2.69. The van der Waals surface area contributed by atoms with Crippen LogP contribution in [0.3, 0.4) is 0 Å². The molecule has 1 heterocycles. The van der Waals surface area contributed by atoms with Gasteiger partial charge in [0.1, 0.15) is 4.60 Å². The molecular formula is C14H16BrN3. The van der Waals surface area contributed by atoms with Crippen LogP contribution in [0.5, 0.6) is 0 Å². The van der Waals surface area contributed by atoms with Gasteiger partial charge in [-0.05, 0) is 34.5 Å². The SMILES string of the molecule is CCCCN(c1ccccc1)c1cnc(Br)cn1. The lowest BCUT2D eigenvalue weighted by Crippen LogP contribution is -2.19. The molecule has 1 aromatic carbocycles. The zero-order chi connectivity index (χ0) is 12.8. The first kappa shape index (κ1) is 13.0. The highest BCUT2D eigenvalue weighted by Gasteiger charge is 2.09.